The molecule has 0 unspecified atom stereocenters. The van der Waals surface area contributed by atoms with Crippen LogP contribution in [0.3, 0.4) is 0 Å². The first-order valence-corrected chi connectivity index (χ1v) is 2.35. The third-order valence-corrected chi connectivity index (χ3v) is 0. The van der Waals surface area contributed by atoms with Gasteiger partial charge in [-0.1, -0.05) is 0 Å². The van der Waals surface area contributed by atoms with E-state index in [4.69, 9.17) is 19.2 Å². The average molecular weight is 228 g/mol. The van der Waals surface area contributed by atoms with E-state index >= 15 is 0 Å². The molecule has 0 radical (unpaired) electrons. The fourth-order valence-corrected chi connectivity index (χ4v) is 0. The summed E-state index contributed by atoms with van der Waals surface area (Å²) in [5.74, 6) is 0. The molecule has 6 heavy (non-hydrogen) atoms. The summed E-state index contributed by atoms with van der Waals surface area (Å²) in [6.45, 7) is 0. The minimum atomic E-state index is -4.64. The Balaban J connectivity index is 0. The fourth-order valence-electron chi connectivity index (χ4n) is 0. The number of hydrogen-bond acceptors (Lipinski definition) is 1. The van der Waals surface area contributed by atoms with Gasteiger partial charge in [0, 0.05) is 0 Å². The molecule has 0 aromatic rings. The molecule has 0 saturated carbocycles. The summed E-state index contributed by atoms with van der Waals surface area (Å²) in [6, 6.07) is 0. The first-order chi connectivity index (χ1) is 2.00. The van der Waals surface area contributed by atoms with E-state index in [1.54, 1.807) is 0 Å². The number of rotatable bonds is 0. The van der Waals surface area contributed by atoms with E-state index in [-0.39, 0.29) is 23.7 Å². The summed E-state index contributed by atoms with van der Waals surface area (Å²) in [5.41, 5.74) is 0. The van der Waals surface area contributed by atoms with Crippen LogP contribution in [0.5, 0.6) is 0 Å². The van der Waals surface area contributed by atoms with E-state index in [1.165, 1.54) is 0 Å². The molecule has 0 fully saturated rings. The van der Waals surface area contributed by atoms with Crippen molar-refractivity contribution in [2.45, 2.75) is 0 Å². The third-order valence-electron chi connectivity index (χ3n) is 0. The maximum atomic E-state index is 8.88. The third kappa shape index (κ3) is 92.1. The summed E-state index contributed by atoms with van der Waals surface area (Å²) in [4.78, 5) is 21.6. The van der Waals surface area contributed by atoms with Crippen molar-refractivity contribution in [2.24, 2.45) is 0 Å². The van der Waals surface area contributed by atoms with E-state index in [9.17, 15) is 0 Å². The molecule has 0 spiro atoms. The van der Waals surface area contributed by atoms with E-state index in [2.05, 4.69) is 0 Å². The molecule has 0 heterocycles. The van der Waals surface area contributed by atoms with Crippen molar-refractivity contribution in [3.8, 4) is 0 Å². The van der Waals surface area contributed by atoms with E-state index in [0.717, 1.165) is 0 Å². The van der Waals surface area contributed by atoms with Crippen LogP contribution in [-0.4, -0.2) is 38.3 Å². The van der Waals surface area contributed by atoms with Crippen molar-refractivity contribution < 1.29 is 19.2 Å². The molecule has 4 nitrogen and oxygen atoms in total. The van der Waals surface area contributed by atoms with Gasteiger partial charge in [0.05, 0.1) is 0 Å². The van der Waals surface area contributed by atoms with E-state index < -0.39 is 7.82 Å². The van der Waals surface area contributed by atoms with Crippen molar-refractivity contribution in [1.29, 1.82) is 0 Å². The van der Waals surface area contributed by atoms with Gasteiger partial charge in [-0.3, -0.25) is 0 Å². The quantitative estimate of drug-likeness (QED) is 0.336. The molecule has 3 N–H and O–H groups in total. The van der Waals surface area contributed by atoms with Crippen molar-refractivity contribution in [2.75, 3.05) is 0 Å². The van der Waals surface area contributed by atoms with Crippen LogP contribution in [0.2, 0.25) is 0 Å². The molecule has 0 atom stereocenters. The van der Waals surface area contributed by atoms with Gasteiger partial charge >= 0.3 is 31.5 Å². The molecule has 0 aliphatic rings. The van der Waals surface area contributed by atoms with Gasteiger partial charge in [-0.25, -0.2) is 4.57 Å². The van der Waals surface area contributed by atoms with Gasteiger partial charge in [-0.2, -0.15) is 0 Å². The monoisotopic (exact) mass is 230 g/mol. The average Bonchev–Trinajstić information content (AvgIpc) is 0.722. The first-order valence-electron chi connectivity index (χ1n) is 0.783. The van der Waals surface area contributed by atoms with Crippen LogP contribution in [-0.2, 0) is 4.57 Å². The van der Waals surface area contributed by atoms with Crippen LogP contribution in [0.25, 0.3) is 0 Å². The Morgan fingerprint density at radius 2 is 1.17 bits per heavy atom. The van der Waals surface area contributed by atoms with Crippen LogP contribution >= 0.6 is 7.82 Å². The van der Waals surface area contributed by atoms with Gasteiger partial charge in [-0.15, -0.1) is 0 Å². The van der Waals surface area contributed by atoms with Gasteiger partial charge in [0.25, 0.3) is 0 Å². The SMILES string of the molecule is O=P(O)(O)O.[TeH2]. The molecule has 40 valence electrons. The molecular weight excluding hydrogens is 223 g/mol. The minimum absolute atomic E-state index is 0. The van der Waals surface area contributed by atoms with Gasteiger partial charge in [0.2, 0.25) is 0 Å². The molecule has 0 aliphatic carbocycles. The second-order valence-electron chi connectivity index (χ2n) is 0.513. The predicted octanol–water partition coefficient (Wildman–Crippen LogP) is -1.84. The van der Waals surface area contributed by atoms with Gasteiger partial charge in [-0.05, 0) is 0 Å². The predicted molar refractivity (Wildman–Crippen MR) is 22.8 cm³/mol. The number of phosphoric acid groups is 1. The molecule has 0 aliphatic heterocycles. The molecule has 0 saturated heterocycles. The second kappa shape index (κ2) is 2.98. The zero-order valence-corrected chi connectivity index (χ0v) is 6.45. The summed E-state index contributed by atoms with van der Waals surface area (Å²) in [6.07, 6.45) is 0. The Kier molecular flexibility index (Phi) is 4.96. The van der Waals surface area contributed by atoms with Gasteiger partial charge < -0.3 is 14.7 Å². The maximum absolute atomic E-state index is 8.88. The van der Waals surface area contributed by atoms with Gasteiger partial charge in [0.15, 0.2) is 0 Å². The Bertz CT molecular complexity index is 53.7. The molecule has 0 bridgehead atoms. The fraction of sp³-hybridized carbons (Fsp3) is 0. The van der Waals surface area contributed by atoms with Gasteiger partial charge in [0.1, 0.15) is 0 Å². The topological polar surface area (TPSA) is 77.8 Å². The molecule has 0 aromatic heterocycles. The van der Waals surface area contributed by atoms with Crippen LogP contribution < -0.4 is 0 Å². The van der Waals surface area contributed by atoms with Crippen LogP contribution in [0.4, 0.5) is 0 Å². The van der Waals surface area contributed by atoms with Crippen molar-refractivity contribution in [1.82, 2.24) is 0 Å². The summed E-state index contributed by atoms with van der Waals surface area (Å²) >= 11 is 0. The van der Waals surface area contributed by atoms with E-state index in [0.29, 0.717) is 0 Å². The Morgan fingerprint density at radius 3 is 1.17 bits per heavy atom. The zero-order chi connectivity index (χ0) is 4.50. The van der Waals surface area contributed by atoms with Crippen molar-refractivity contribution in [3.63, 3.8) is 0 Å². The van der Waals surface area contributed by atoms with E-state index in [1.807, 2.05) is 0 Å². The summed E-state index contributed by atoms with van der Waals surface area (Å²) in [7, 11) is -4.64. The second-order valence-corrected chi connectivity index (χ2v) is 1.54. The van der Waals surface area contributed by atoms with Crippen LogP contribution in [0.1, 0.15) is 0 Å². The Labute approximate surface area is 51.2 Å². The summed E-state index contributed by atoms with van der Waals surface area (Å²) in [5, 5.41) is 0. The molecule has 6 heteroatoms. The first kappa shape index (κ1) is 10.0. The molecule has 0 aromatic carbocycles. The molecule has 0 rings (SSSR count). The normalized spacial score (nSPS) is 9.83. The van der Waals surface area contributed by atoms with Crippen molar-refractivity contribution in [3.05, 3.63) is 0 Å². The van der Waals surface area contributed by atoms with Crippen LogP contribution in [0.15, 0.2) is 0 Å². The zero-order valence-electron chi connectivity index (χ0n) is 2.70. The molecular formula is H5O4PTe. The Morgan fingerprint density at radius 1 is 1.17 bits per heavy atom. The number of hydrogen-bond donors (Lipinski definition) is 3. The van der Waals surface area contributed by atoms with Crippen LogP contribution in [0, 0.1) is 0 Å². The molecule has 0 amide bonds. The Hall–Kier alpha value is 0.900. The summed E-state index contributed by atoms with van der Waals surface area (Å²) < 4.78 is 8.88. The standard InChI is InChI=1S/H3O4P.H2Te/c1-5(2,3)4;/h(H3,1,2,3,4);1H2. The van der Waals surface area contributed by atoms with Crippen molar-refractivity contribution >= 4 is 31.5 Å².